The number of rotatable bonds is 6. The highest BCUT2D eigenvalue weighted by atomic mass is 19.4. The number of alkyl halides is 3. The number of piperazine rings is 1. The molecule has 0 aromatic heterocycles. The molecule has 3 nitrogen and oxygen atoms in total. The Bertz CT molecular complexity index is 288. The summed E-state index contributed by atoms with van der Waals surface area (Å²) in [5.41, 5.74) is -0.374. The van der Waals surface area contributed by atoms with Gasteiger partial charge in [0.05, 0.1) is 6.54 Å². The van der Waals surface area contributed by atoms with Gasteiger partial charge in [0, 0.05) is 38.1 Å². The normalized spacial score (nSPS) is 22.2. The Morgan fingerprint density at radius 2 is 1.53 bits per heavy atom. The Balaban J connectivity index is 2.39. The van der Waals surface area contributed by atoms with Gasteiger partial charge in [-0.3, -0.25) is 9.80 Å². The number of halogens is 3. The van der Waals surface area contributed by atoms with Gasteiger partial charge in [-0.25, -0.2) is 0 Å². The Morgan fingerprint density at radius 1 is 1.05 bits per heavy atom. The number of carbonyl (C=O) groups is 1. The molecule has 0 bridgehead atoms. The third-order valence-electron chi connectivity index (χ3n) is 3.56. The summed E-state index contributed by atoms with van der Waals surface area (Å²) >= 11 is 0. The molecule has 0 N–H and O–H groups in total. The first-order chi connectivity index (χ1) is 8.78. The van der Waals surface area contributed by atoms with Gasteiger partial charge in [0.25, 0.3) is 0 Å². The van der Waals surface area contributed by atoms with Crippen LogP contribution < -0.4 is 0 Å². The molecule has 1 atom stereocenters. The van der Waals surface area contributed by atoms with Crippen molar-refractivity contribution in [3.05, 3.63) is 0 Å². The summed E-state index contributed by atoms with van der Waals surface area (Å²) in [6, 6.07) is 0. The van der Waals surface area contributed by atoms with Crippen LogP contribution in [0.2, 0.25) is 0 Å². The second-order valence-corrected chi connectivity index (χ2v) is 5.69. The van der Waals surface area contributed by atoms with Crippen LogP contribution in [-0.2, 0) is 4.79 Å². The predicted octanol–water partition coefficient (Wildman–Crippen LogP) is 2.17. The fraction of sp³-hybridized carbons (Fsp3) is 0.923. The van der Waals surface area contributed by atoms with Gasteiger partial charge in [-0.05, 0) is 6.42 Å². The number of hydrogen-bond donors (Lipinski definition) is 0. The van der Waals surface area contributed by atoms with Gasteiger partial charge >= 0.3 is 6.18 Å². The van der Waals surface area contributed by atoms with Crippen molar-refractivity contribution in [2.24, 2.45) is 5.41 Å². The van der Waals surface area contributed by atoms with E-state index in [1.54, 1.807) is 0 Å². The highest BCUT2D eigenvalue weighted by molar-refractivity contribution is 5.59. The standard InChI is InChI=1S/C13H23F3N2O/c1-3-4-12(2,11-19)9-17-5-7-18(8-6-17)10-13(14,15)16/h11H,3-10H2,1-2H3. The molecule has 19 heavy (non-hydrogen) atoms. The maximum Gasteiger partial charge on any atom is 0.401 e. The average Bonchev–Trinajstić information content (AvgIpc) is 2.30. The van der Waals surface area contributed by atoms with Gasteiger partial charge in [-0.1, -0.05) is 20.3 Å². The minimum Gasteiger partial charge on any atom is -0.303 e. The molecule has 0 saturated carbocycles. The van der Waals surface area contributed by atoms with Crippen LogP contribution in [0.3, 0.4) is 0 Å². The van der Waals surface area contributed by atoms with Crippen molar-refractivity contribution in [3.63, 3.8) is 0 Å². The van der Waals surface area contributed by atoms with E-state index in [-0.39, 0.29) is 5.41 Å². The molecular weight excluding hydrogens is 257 g/mol. The summed E-state index contributed by atoms with van der Waals surface area (Å²) in [4.78, 5) is 14.7. The van der Waals surface area contributed by atoms with Crippen LogP contribution in [0, 0.1) is 5.41 Å². The highest BCUT2D eigenvalue weighted by Gasteiger charge is 2.33. The van der Waals surface area contributed by atoms with Gasteiger partial charge in [-0.15, -0.1) is 0 Å². The van der Waals surface area contributed by atoms with E-state index in [1.807, 2.05) is 13.8 Å². The van der Waals surface area contributed by atoms with Gasteiger partial charge < -0.3 is 4.79 Å². The monoisotopic (exact) mass is 280 g/mol. The van der Waals surface area contributed by atoms with Crippen molar-refractivity contribution in [1.29, 1.82) is 0 Å². The van der Waals surface area contributed by atoms with E-state index in [2.05, 4.69) is 4.90 Å². The van der Waals surface area contributed by atoms with Crippen LogP contribution >= 0.6 is 0 Å². The molecule has 112 valence electrons. The molecule has 1 fully saturated rings. The zero-order valence-corrected chi connectivity index (χ0v) is 11.7. The molecule has 1 rings (SSSR count). The van der Waals surface area contributed by atoms with Crippen LogP contribution in [0.4, 0.5) is 13.2 Å². The van der Waals surface area contributed by atoms with E-state index in [1.165, 1.54) is 4.90 Å². The van der Waals surface area contributed by atoms with E-state index in [4.69, 9.17) is 0 Å². The van der Waals surface area contributed by atoms with Crippen molar-refractivity contribution in [2.45, 2.75) is 32.9 Å². The lowest BCUT2D eigenvalue weighted by Crippen LogP contribution is -2.51. The fourth-order valence-electron chi connectivity index (χ4n) is 2.62. The summed E-state index contributed by atoms with van der Waals surface area (Å²) in [7, 11) is 0. The number of aldehydes is 1. The number of hydrogen-bond acceptors (Lipinski definition) is 3. The van der Waals surface area contributed by atoms with Crippen molar-refractivity contribution in [1.82, 2.24) is 9.80 Å². The topological polar surface area (TPSA) is 23.6 Å². The van der Waals surface area contributed by atoms with Gasteiger partial charge in [0.2, 0.25) is 0 Å². The van der Waals surface area contributed by atoms with Gasteiger partial charge in [0.15, 0.2) is 0 Å². The first kappa shape index (κ1) is 16.4. The molecule has 0 radical (unpaired) electrons. The van der Waals surface area contributed by atoms with Crippen LogP contribution in [-0.4, -0.2) is 61.5 Å². The molecule has 1 aliphatic rings. The van der Waals surface area contributed by atoms with Crippen molar-refractivity contribution in [2.75, 3.05) is 39.3 Å². The maximum atomic E-state index is 12.3. The van der Waals surface area contributed by atoms with Crippen molar-refractivity contribution >= 4 is 6.29 Å². The van der Waals surface area contributed by atoms with Crippen LogP contribution in [0.1, 0.15) is 26.7 Å². The maximum absolute atomic E-state index is 12.3. The summed E-state index contributed by atoms with van der Waals surface area (Å²) < 4.78 is 36.8. The van der Waals surface area contributed by atoms with Crippen molar-refractivity contribution < 1.29 is 18.0 Å². The summed E-state index contributed by atoms with van der Waals surface area (Å²) in [5, 5.41) is 0. The molecule has 1 saturated heterocycles. The third-order valence-corrected chi connectivity index (χ3v) is 3.56. The van der Waals surface area contributed by atoms with E-state index >= 15 is 0 Å². The molecule has 1 heterocycles. The van der Waals surface area contributed by atoms with Gasteiger partial charge in [-0.2, -0.15) is 13.2 Å². The molecule has 0 aromatic carbocycles. The second-order valence-electron chi connectivity index (χ2n) is 5.69. The zero-order valence-electron chi connectivity index (χ0n) is 11.7. The Morgan fingerprint density at radius 3 is 1.89 bits per heavy atom. The predicted molar refractivity (Wildman–Crippen MR) is 68.0 cm³/mol. The molecular formula is C13H23F3N2O. The molecule has 0 spiro atoms. The lowest BCUT2D eigenvalue weighted by atomic mass is 9.86. The van der Waals surface area contributed by atoms with Crippen molar-refractivity contribution in [3.8, 4) is 0 Å². The summed E-state index contributed by atoms with van der Waals surface area (Å²) in [6.45, 7) is 5.80. The van der Waals surface area contributed by atoms with E-state index in [9.17, 15) is 18.0 Å². The molecule has 0 aliphatic carbocycles. The molecule has 0 amide bonds. The van der Waals surface area contributed by atoms with E-state index < -0.39 is 12.7 Å². The minimum absolute atomic E-state index is 0.374. The number of carbonyl (C=O) groups excluding carboxylic acids is 1. The largest absolute Gasteiger partial charge is 0.401 e. The zero-order chi connectivity index (χ0) is 14.5. The molecule has 6 heteroatoms. The van der Waals surface area contributed by atoms with E-state index in [0.717, 1.165) is 19.1 Å². The van der Waals surface area contributed by atoms with Crippen LogP contribution in [0.5, 0.6) is 0 Å². The fourth-order valence-corrected chi connectivity index (χ4v) is 2.62. The summed E-state index contributed by atoms with van der Waals surface area (Å²) in [5.74, 6) is 0. The van der Waals surface area contributed by atoms with Crippen LogP contribution in [0.25, 0.3) is 0 Å². The summed E-state index contributed by atoms with van der Waals surface area (Å²) in [6.07, 6.45) is -1.39. The highest BCUT2D eigenvalue weighted by Crippen LogP contribution is 2.23. The first-order valence-corrected chi connectivity index (χ1v) is 6.76. The first-order valence-electron chi connectivity index (χ1n) is 6.76. The SMILES string of the molecule is CCCC(C)(C=O)CN1CCN(CC(F)(F)F)CC1. The Labute approximate surface area is 112 Å². The Kier molecular flexibility index (Phi) is 5.80. The average molecular weight is 280 g/mol. The second kappa shape index (κ2) is 6.70. The molecule has 1 unspecified atom stereocenters. The lowest BCUT2D eigenvalue weighted by molar-refractivity contribution is -0.149. The van der Waals surface area contributed by atoms with Gasteiger partial charge in [0.1, 0.15) is 6.29 Å². The number of nitrogens with zero attached hydrogens (tertiary/aromatic N) is 2. The Hall–Kier alpha value is -0.620. The lowest BCUT2D eigenvalue weighted by Gasteiger charge is -2.38. The van der Waals surface area contributed by atoms with E-state index in [0.29, 0.717) is 32.7 Å². The molecule has 1 aliphatic heterocycles. The quantitative estimate of drug-likeness (QED) is 0.697. The third kappa shape index (κ3) is 5.91. The minimum atomic E-state index is -4.12. The van der Waals surface area contributed by atoms with Crippen LogP contribution in [0.15, 0.2) is 0 Å². The smallest absolute Gasteiger partial charge is 0.303 e. The molecule has 0 aromatic rings.